The van der Waals surface area contributed by atoms with Crippen LogP contribution in [0.25, 0.3) is 0 Å². The molecule has 3 rings (SSSR count). The Labute approximate surface area is 143 Å². The van der Waals surface area contributed by atoms with Crippen molar-refractivity contribution in [3.63, 3.8) is 0 Å². The number of piperazine rings is 1. The van der Waals surface area contributed by atoms with Crippen LogP contribution in [0.15, 0.2) is 48.5 Å². The first-order valence-corrected chi connectivity index (χ1v) is 8.61. The lowest BCUT2D eigenvalue weighted by Gasteiger charge is -2.36. The maximum atomic E-state index is 12.9. The molecule has 0 spiro atoms. The lowest BCUT2D eigenvalue weighted by atomic mass is 10.1. The van der Waals surface area contributed by atoms with Gasteiger partial charge in [0.2, 0.25) is 0 Å². The number of ether oxygens (including phenoxy) is 1. The van der Waals surface area contributed by atoms with Crippen LogP contribution < -0.4 is 9.64 Å². The minimum Gasteiger partial charge on any atom is -0.495 e. The molecule has 0 aliphatic carbocycles. The van der Waals surface area contributed by atoms with Crippen LogP contribution in [-0.2, 0) is 6.42 Å². The maximum Gasteiger partial charge on any atom is 0.142 e. The zero-order valence-corrected chi connectivity index (χ0v) is 14.2. The quantitative estimate of drug-likeness (QED) is 0.806. The van der Waals surface area contributed by atoms with E-state index in [1.54, 1.807) is 19.2 Å². The van der Waals surface area contributed by atoms with Gasteiger partial charge in [0.15, 0.2) is 0 Å². The number of methoxy groups -OCH3 is 1. The fourth-order valence-electron chi connectivity index (χ4n) is 3.26. The van der Waals surface area contributed by atoms with Crippen molar-refractivity contribution in [1.29, 1.82) is 0 Å². The average Bonchev–Trinajstić information content (AvgIpc) is 2.64. The van der Waals surface area contributed by atoms with Crippen LogP contribution in [0.4, 0.5) is 10.1 Å². The number of anilines is 1. The first-order chi connectivity index (χ1) is 11.8. The van der Waals surface area contributed by atoms with Crippen molar-refractivity contribution in [3.05, 3.63) is 59.9 Å². The highest BCUT2D eigenvalue weighted by Gasteiger charge is 2.18. The lowest BCUT2D eigenvalue weighted by Crippen LogP contribution is -2.46. The van der Waals surface area contributed by atoms with Gasteiger partial charge in [0, 0.05) is 26.2 Å². The first-order valence-electron chi connectivity index (χ1n) is 8.61. The summed E-state index contributed by atoms with van der Waals surface area (Å²) in [6, 6.07) is 15.1. The van der Waals surface area contributed by atoms with Gasteiger partial charge in [-0.25, -0.2) is 4.39 Å². The summed E-state index contributed by atoms with van der Waals surface area (Å²) in [5.74, 6) is 0.786. The highest BCUT2D eigenvalue weighted by molar-refractivity contribution is 5.58. The molecule has 4 heteroatoms. The van der Waals surface area contributed by atoms with Gasteiger partial charge in [-0.1, -0.05) is 24.3 Å². The third kappa shape index (κ3) is 4.26. The molecule has 1 aliphatic rings. The molecule has 2 aromatic rings. The number of aryl methyl sites for hydroxylation is 1. The molecule has 1 fully saturated rings. The number of rotatable bonds is 6. The summed E-state index contributed by atoms with van der Waals surface area (Å²) in [7, 11) is 1.73. The van der Waals surface area contributed by atoms with E-state index in [-0.39, 0.29) is 5.82 Å². The van der Waals surface area contributed by atoms with Gasteiger partial charge < -0.3 is 9.64 Å². The zero-order valence-electron chi connectivity index (χ0n) is 14.2. The van der Waals surface area contributed by atoms with Crippen molar-refractivity contribution < 1.29 is 9.13 Å². The highest BCUT2D eigenvalue weighted by Crippen LogP contribution is 2.28. The number of hydrogen-bond donors (Lipinski definition) is 0. The number of halogens is 1. The van der Waals surface area contributed by atoms with E-state index < -0.39 is 0 Å². The smallest absolute Gasteiger partial charge is 0.142 e. The fraction of sp³-hybridized carbons (Fsp3) is 0.400. The topological polar surface area (TPSA) is 15.7 Å². The molecule has 24 heavy (non-hydrogen) atoms. The predicted molar refractivity (Wildman–Crippen MR) is 96.4 cm³/mol. The summed E-state index contributed by atoms with van der Waals surface area (Å²) in [6.07, 6.45) is 2.12. The Hall–Kier alpha value is -2.07. The van der Waals surface area contributed by atoms with E-state index in [4.69, 9.17) is 4.74 Å². The monoisotopic (exact) mass is 328 g/mol. The van der Waals surface area contributed by atoms with Gasteiger partial charge in [0.25, 0.3) is 0 Å². The van der Waals surface area contributed by atoms with Gasteiger partial charge in [-0.3, -0.25) is 4.90 Å². The SMILES string of the molecule is COc1ccccc1N1CCN(CCCc2ccc(F)cc2)CC1. The van der Waals surface area contributed by atoms with E-state index in [9.17, 15) is 4.39 Å². The van der Waals surface area contributed by atoms with Crippen molar-refractivity contribution in [2.75, 3.05) is 44.7 Å². The second-order valence-electron chi connectivity index (χ2n) is 6.23. The first kappa shape index (κ1) is 16.8. The molecule has 3 nitrogen and oxygen atoms in total. The van der Waals surface area contributed by atoms with Gasteiger partial charge in [0.05, 0.1) is 12.8 Å². The second kappa shape index (κ2) is 8.15. The molecule has 0 atom stereocenters. The summed E-state index contributed by atoms with van der Waals surface area (Å²) in [5.41, 5.74) is 2.40. The summed E-state index contributed by atoms with van der Waals surface area (Å²) in [6.45, 7) is 5.29. The average molecular weight is 328 g/mol. The van der Waals surface area contributed by atoms with Crippen molar-refractivity contribution in [2.45, 2.75) is 12.8 Å². The van der Waals surface area contributed by atoms with E-state index >= 15 is 0 Å². The molecule has 0 aromatic heterocycles. The molecule has 0 radical (unpaired) electrons. The van der Waals surface area contributed by atoms with Crippen LogP contribution in [-0.4, -0.2) is 44.7 Å². The lowest BCUT2D eigenvalue weighted by molar-refractivity contribution is 0.254. The molecule has 128 valence electrons. The van der Waals surface area contributed by atoms with E-state index in [0.717, 1.165) is 51.3 Å². The van der Waals surface area contributed by atoms with Crippen LogP contribution in [0.2, 0.25) is 0 Å². The molecule has 1 aliphatic heterocycles. The highest BCUT2D eigenvalue weighted by atomic mass is 19.1. The number of para-hydroxylation sites is 2. The van der Waals surface area contributed by atoms with E-state index in [2.05, 4.69) is 21.9 Å². The van der Waals surface area contributed by atoms with Gasteiger partial charge >= 0.3 is 0 Å². The van der Waals surface area contributed by atoms with E-state index in [1.165, 1.54) is 11.3 Å². The Balaban J connectivity index is 1.44. The fourth-order valence-corrected chi connectivity index (χ4v) is 3.26. The Morgan fingerprint density at radius 3 is 2.38 bits per heavy atom. The summed E-state index contributed by atoms with van der Waals surface area (Å²) < 4.78 is 18.4. The molecule has 1 heterocycles. The minimum absolute atomic E-state index is 0.161. The summed E-state index contributed by atoms with van der Waals surface area (Å²) >= 11 is 0. The molecule has 0 saturated carbocycles. The van der Waals surface area contributed by atoms with Gasteiger partial charge in [-0.15, -0.1) is 0 Å². The molecular formula is C20H25FN2O. The third-order valence-corrected chi connectivity index (χ3v) is 4.65. The maximum absolute atomic E-state index is 12.9. The molecule has 1 saturated heterocycles. The molecular weight excluding hydrogens is 303 g/mol. The van der Waals surface area contributed by atoms with Crippen molar-refractivity contribution >= 4 is 5.69 Å². The number of benzene rings is 2. The zero-order chi connectivity index (χ0) is 16.8. The summed E-state index contributed by atoms with van der Waals surface area (Å²) in [5, 5.41) is 0. The minimum atomic E-state index is -0.161. The summed E-state index contributed by atoms with van der Waals surface area (Å²) in [4.78, 5) is 4.91. The second-order valence-corrected chi connectivity index (χ2v) is 6.23. The molecule has 0 unspecified atom stereocenters. The number of hydrogen-bond acceptors (Lipinski definition) is 3. The van der Waals surface area contributed by atoms with Crippen LogP contribution in [0.3, 0.4) is 0 Å². The molecule has 0 amide bonds. The predicted octanol–water partition coefficient (Wildman–Crippen LogP) is 3.59. The van der Waals surface area contributed by atoms with Crippen LogP contribution in [0.1, 0.15) is 12.0 Å². The van der Waals surface area contributed by atoms with Crippen LogP contribution >= 0.6 is 0 Å². The van der Waals surface area contributed by atoms with Crippen molar-refractivity contribution in [2.24, 2.45) is 0 Å². The molecule has 0 bridgehead atoms. The van der Waals surface area contributed by atoms with Gasteiger partial charge in [0.1, 0.15) is 11.6 Å². The third-order valence-electron chi connectivity index (χ3n) is 4.65. The molecule has 2 aromatic carbocycles. The van der Waals surface area contributed by atoms with Crippen LogP contribution in [0.5, 0.6) is 5.75 Å². The Morgan fingerprint density at radius 1 is 0.958 bits per heavy atom. The Kier molecular flexibility index (Phi) is 5.70. The van der Waals surface area contributed by atoms with Crippen molar-refractivity contribution in [1.82, 2.24) is 4.90 Å². The number of nitrogens with zero attached hydrogens (tertiary/aromatic N) is 2. The van der Waals surface area contributed by atoms with Crippen molar-refractivity contribution in [3.8, 4) is 5.75 Å². The largest absolute Gasteiger partial charge is 0.495 e. The standard InChI is InChI=1S/C20H25FN2O/c1-24-20-7-3-2-6-19(20)23-15-13-22(14-16-23)12-4-5-17-8-10-18(21)11-9-17/h2-3,6-11H,4-5,12-16H2,1H3. The van der Waals surface area contributed by atoms with Gasteiger partial charge in [-0.05, 0) is 49.2 Å². The van der Waals surface area contributed by atoms with E-state index in [1.807, 2.05) is 24.3 Å². The normalized spacial score (nSPS) is 15.5. The Bertz CT molecular complexity index is 636. The molecule has 0 N–H and O–H groups in total. The van der Waals surface area contributed by atoms with Crippen LogP contribution in [0, 0.1) is 5.82 Å². The van der Waals surface area contributed by atoms with Gasteiger partial charge in [-0.2, -0.15) is 0 Å². The Morgan fingerprint density at radius 2 is 1.67 bits per heavy atom. The van der Waals surface area contributed by atoms with E-state index in [0.29, 0.717) is 0 Å².